The molecule has 0 spiro atoms. The summed E-state index contributed by atoms with van der Waals surface area (Å²) in [6.45, 7) is 9.90. The van der Waals surface area contributed by atoms with Crippen molar-refractivity contribution < 1.29 is 9.53 Å². The van der Waals surface area contributed by atoms with Gasteiger partial charge in [0.15, 0.2) is 6.10 Å². The second-order valence-electron chi connectivity index (χ2n) is 6.04. The van der Waals surface area contributed by atoms with Gasteiger partial charge < -0.3 is 9.64 Å². The van der Waals surface area contributed by atoms with Gasteiger partial charge in [0, 0.05) is 13.1 Å². The highest BCUT2D eigenvalue weighted by atomic mass is 16.5. The van der Waals surface area contributed by atoms with E-state index in [9.17, 15) is 4.79 Å². The van der Waals surface area contributed by atoms with E-state index in [4.69, 9.17) is 4.74 Å². The molecule has 0 saturated carbocycles. The number of carbonyl (C=O) groups excluding carboxylic acids is 1. The average molecular weight is 275 g/mol. The van der Waals surface area contributed by atoms with E-state index in [2.05, 4.69) is 20.8 Å². The maximum Gasteiger partial charge on any atom is 0.263 e. The SMILES string of the molecule is Cc1ccc(OC(C)C(=O)N2CCCC(C)C2)cc1C. The van der Waals surface area contributed by atoms with Gasteiger partial charge in [0.1, 0.15) is 5.75 Å². The quantitative estimate of drug-likeness (QED) is 0.847. The van der Waals surface area contributed by atoms with E-state index in [1.807, 2.05) is 30.0 Å². The fraction of sp³-hybridized carbons (Fsp3) is 0.588. The van der Waals surface area contributed by atoms with E-state index >= 15 is 0 Å². The lowest BCUT2D eigenvalue weighted by molar-refractivity contribution is -0.139. The summed E-state index contributed by atoms with van der Waals surface area (Å²) in [7, 11) is 0. The number of hydrogen-bond donors (Lipinski definition) is 0. The molecule has 2 unspecified atom stereocenters. The minimum absolute atomic E-state index is 0.106. The van der Waals surface area contributed by atoms with Crippen molar-refractivity contribution in [3.8, 4) is 5.75 Å². The molecule has 1 amide bonds. The predicted molar refractivity (Wildman–Crippen MR) is 81.0 cm³/mol. The van der Waals surface area contributed by atoms with Crippen molar-refractivity contribution in [3.05, 3.63) is 29.3 Å². The van der Waals surface area contributed by atoms with Gasteiger partial charge in [0.05, 0.1) is 0 Å². The molecule has 0 aliphatic carbocycles. The molecule has 1 aliphatic heterocycles. The number of piperidine rings is 1. The first-order chi connectivity index (χ1) is 9.47. The number of ether oxygens (including phenoxy) is 1. The second-order valence-corrected chi connectivity index (χ2v) is 6.04. The van der Waals surface area contributed by atoms with Crippen LogP contribution in [0.15, 0.2) is 18.2 Å². The van der Waals surface area contributed by atoms with Crippen LogP contribution in [0.2, 0.25) is 0 Å². The van der Waals surface area contributed by atoms with Crippen molar-refractivity contribution >= 4 is 5.91 Å². The highest BCUT2D eigenvalue weighted by molar-refractivity contribution is 5.81. The molecule has 3 heteroatoms. The summed E-state index contributed by atoms with van der Waals surface area (Å²) < 4.78 is 5.81. The van der Waals surface area contributed by atoms with Gasteiger partial charge in [-0.15, -0.1) is 0 Å². The summed E-state index contributed by atoms with van der Waals surface area (Å²) in [4.78, 5) is 14.3. The largest absolute Gasteiger partial charge is 0.481 e. The Hall–Kier alpha value is -1.51. The third-order valence-corrected chi connectivity index (χ3v) is 4.11. The van der Waals surface area contributed by atoms with Gasteiger partial charge in [0.25, 0.3) is 5.91 Å². The molecule has 0 N–H and O–H groups in total. The van der Waals surface area contributed by atoms with Gasteiger partial charge in [-0.2, -0.15) is 0 Å². The monoisotopic (exact) mass is 275 g/mol. The lowest BCUT2D eigenvalue weighted by atomic mass is 10.00. The zero-order chi connectivity index (χ0) is 14.7. The van der Waals surface area contributed by atoms with Gasteiger partial charge in [0.2, 0.25) is 0 Å². The summed E-state index contributed by atoms with van der Waals surface area (Å²) in [5.74, 6) is 1.48. The number of amides is 1. The molecular weight excluding hydrogens is 250 g/mol. The van der Waals surface area contributed by atoms with Crippen LogP contribution in [0.1, 0.15) is 37.8 Å². The first-order valence-corrected chi connectivity index (χ1v) is 7.50. The molecule has 1 aromatic rings. The van der Waals surface area contributed by atoms with Crippen LogP contribution in [-0.4, -0.2) is 30.0 Å². The van der Waals surface area contributed by atoms with Crippen LogP contribution in [0.5, 0.6) is 5.75 Å². The average Bonchev–Trinajstić information content (AvgIpc) is 2.42. The first kappa shape index (κ1) is 14.9. The normalized spacial score (nSPS) is 20.6. The van der Waals surface area contributed by atoms with Gasteiger partial charge in [-0.3, -0.25) is 4.79 Å². The third kappa shape index (κ3) is 3.53. The lowest BCUT2D eigenvalue weighted by Gasteiger charge is -2.32. The number of aryl methyl sites for hydroxylation is 2. The maximum absolute atomic E-state index is 12.4. The zero-order valence-corrected chi connectivity index (χ0v) is 13.0. The van der Waals surface area contributed by atoms with E-state index in [1.165, 1.54) is 17.5 Å². The highest BCUT2D eigenvalue weighted by Crippen LogP contribution is 2.20. The second kappa shape index (κ2) is 6.29. The number of carbonyl (C=O) groups is 1. The molecule has 1 heterocycles. The molecule has 3 nitrogen and oxygen atoms in total. The fourth-order valence-electron chi connectivity index (χ4n) is 2.69. The van der Waals surface area contributed by atoms with Gasteiger partial charge in [-0.05, 0) is 62.8 Å². The molecule has 0 radical (unpaired) electrons. The minimum atomic E-state index is -0.414. The molecular formula is C17H25NO2. The molecule has 1 fully saturated rings. The lowest BCUT2D eigenvalue weighted by Crippen LogP contribution is -2.45. The third-order valence-electron chi connectivity index (χ3n) is 4.11. The Bertz CT molecular complexity index is 484. The van der Waals surface area contributed by atoms with Crippen LogP contribution in [-0.2, 0) is 4.79 Å². The van der Waals surface area contributed by atoms with Crippen LogP contribution in [0, 0.1) is 19.8 Å². The Balaban J connectivity index is 1.98. The van der Waals surface area contributed by atoms with Crippen molar-refractivity contribution in [2.45, 2.75) is 46.6 Å². The maximum atomic E-state index is 12.4. The fourth-order valence-corrected chi connectivity index (χ4v) is 2.69. The topological polar surface area (TPSA) is 29.5 Å². The van der Waals surface area contributed by atoms with E-state index in [-0.39, 0.29) is 5.91 Å². The predicted octanol–water partition coefficient (Wildman–Crippen LogP) is 3.33. The molecule has 1 saturated heterocycles. The molecule has 1 aliphatic rings. The molecule has 2 rings (SSSR count). The molecule has 0 aromatic heterocycles. The molecule has 20 heavy (non-hydrogen) atoms. The summed E-state index contributed by atoms with van der Waals surface area (Å²) in [6, 6.07) is 5.97. The number of benzene rings is 1. The van der Waals surface area contributed by atoms with Gasteiger partial charge >= 0.3 is 0 Å². The van der Waals surface area contributed by atoms with Crippen LogP contribution in [0.4, 0.5) is 0 Å². The van der Waals surface area contributed by atoms with Gasteiger partial charge in [-0.1, -0.05) is 13.0 Å². The van der Waals surface area contributed by atoms with Crippen LogP contribution >= 0.6 is 0 Å². The smallest absolute Gasteiger partial charge is 0.263 e. The Morgan fingerprint density at radius 2 is 2.10 bits per heavy atom. The van der Waals surface area contributed by atoms with Crippen molar-refractivity contribution in [1.29, 1.82) is 0 Å². The molecule has 110 valence electrons. The Morgan fingerprint density at radius 1 is 1.35 bits per heavy atom. The van der Waals surface area contributed by atoms with Crippen molar-refractivity contribution in [3.63, 3.8) is 0 Å². The van der Waals surface area contributed by atoms with E-state index in [1.54, 1.807) is 0 Å². The van der Waals surface area contributed by atoms with E-state index in [0.29, 0.717) is 5.92 Å². The van der Waals surface area contributed by atoms with Crippen LogP contribution in [0.25, 0.3) is 0 Å². The first-order valence-electron chi connectivity index (χ1n) is 7.50. The standard InChI is InChI=1S/C17H25NO2/c1-12-6-5-9-18(11-12)17(19)15(4)20-16-8-7-13(2)14(3)10-16/h7-8,10,12,15H,5-6,9,11H2,1-4H3. The summed E-state index contributed by atoms with van der Waals surface area (Å²) in [6.07, 6.45) is 1.90. The molecule has 2 atom stereocenters. The number of likely N-dealkylation sites (tertiary alicyclic amines) is 1. The number of nitrogens with zero attached hydrogens (tertiary/aromatic N) is 1. The number of hydrogen-bond acceptors (Lipinski definition) is 2. The van der Waals surface area contributed by atoms with E-state index < -0.39 is 6.10 Å². The Morgan fingerprint density at radius 3 is 2.75 bits per heavy atom. The Kier molecular flexibility index (Phi) is 4.69. The van der Waals surface area contributed by atoms with Crippen molar-refractivity contribution in [2.75, 3.05) is 13.1 Å². The minimum Gasteiger partial charge on any atom is -0.481 e. The van der Waals surface area contributed by atoms with E-state index in [0.717, 1.165) is 25.3 Å². The summed E-state index contributed by atoms with van der Waals surface area (Å²) in [5, 5.41) is 0. The van der Waals surface area contributed by atoms with Crippen LogP contribution < -0.4 is 4.74 Å². The summed E-state index contributed by atoms with van der Waals surface area (Å²) in [5.41, 5.74) is 2.43. The van der Waals surface area contributed by atoms with Crippen molar-refractivity contribution in [1.82, 2.24) is 4.90 Å². The van der Waals surface area contributed by atoms with Crippen molar-refractivity contribution in [2.24, 2.45) is 5.92 Å². The van der Waals surface area contributed by atoms with Gasteiger partial charge in [-0.25, -0.2) is 0 Å². The molecule has 0 bridgehead atoms. The number of rotatable bonds is 3. The molecule has 1 aromatic carbocycles. The summed E-state index contributed by atoms with van der Waals surface area (Å²) >= 11 is 0. The zero-order valence-electron chi connectivity index (χ0n) is 13.0. The Labute approximate surface area is 121 Å². The highest BCUT2D eigenvalue weighted by Gasteiger charge is 2.26. The van der Waals surface area contributed by atoms with Crippen LogP contribution in [0.3, 0.4) is 0 Å².